The third-order valence-corrected chi connectivity index (χ3v) is 1.86. The standard InChI is InChI=1S/C9H6FNO5/c1-16-9(13)7-5(4-12)2-3-6(10)8(7)11(14)15/h2-4H,1H3. The lowest BCUT2D eigenvalue weighted by Gasteiger charge is -2.04. The maximum atomic E-state index is 13.1. The highest BCUT2D eigenvalue weighted by Gasteiger charge is 2.29. The minimum Gasteiger partial charge on any atom is -0.465 e. The van der Waals surface area contributed by atoms with Gasteiger partial charge in [-0.05, 0) is 12.1 Å². The lowest BCUT2D eigenvalue weighted by Crippen LogP contribution is -2.10. The van der Waals surface area contributed by atoms with E-state index in [-0.39, 0.29) is 11.8 Å². The number of hydrogen-bond donors (Lipinski definition) is 0. The Bertz CT molecular complexity index is 471. The number of nitrogens with zero attached hydrogens (tertiary/aromatic N) is 1. The number of carbonyl (C=O) groups excluding carboxylic acids is 2. The maximum absolute atomic E-state index is 13.1. The zero-order chi connectivity index (χ0) is 12.3. The Hall–Kier alpha value is -2.31. The second-order valence-corrected chi connectivity index (χ2v) is 2.73. The molecule has 1 aromatic rings. The molecule has 0 heterocycles. The van der Waals surface area contributed by atoms with Crippen molar-refractivity contribution in [1.82, 2.24) is 0 Å². The number of nitro groups is 1. The fraction of sp³-hybridized carbons (Fsp3) is 0.111. The molecule has 84 valence electrons. The highest BCUT2D eigenvalue weighted by atomic mass is 19.1. The molecule has 0 aliphatic carbocycles. The quantitative estimate of drug-likeness (QED) is 0.336. The first-order valence-corrected chi connectivity index (χ1v) is 4.03. The summed E-state index contributed by atoms with van der Waals surface area (Å²) in [7, 11) is 0.978. The first kappa shape index (κ1) is 11.8. The van der Waals surface area contributed by atoms with Gasteiger partial charge in [-0.25, -0.2) is 4.79 Å². The lowest BCUT2D eigenvalue weighted by atomic mass is 10.1. The second-order valence-electron chi connectivity index (χ2n) is 2.73. The zero-order valence-electron chi connectivity index (χ0n) is 8.10. The smallest absolute Gasteiger partial charge is 0.345 e. The Balaban J connectivity index is 3.61. The number of nitro benzene ring substituents is 1. The van der Waals surface area contributed by atoms with Crippen LogP contribution in [0.1, 0.15) is 20.7 Å². The molecule has 0 radical (unpaired) electrons. The predicted octanol–water partition coefficient (Wildman–Crippen LogP) is 1.33. The summed E-state index contributed by atoms with van der Waals surface area (Å²) in [5, 5.41) is 10.6. The number of rotatable bonds is 3. The Morgan fingerprint density at radius 3 is 2.62 bits per heavy atom. The Labute approximate surface area is 88.8 Å². The summed E-state index contributed by atoms with van der Waals surface area (Å²) in [4.78, 5) is 31.3. The van der Waals surface area contributed by atoms with E-state index in [0.29, 0.717) is 0 Å². The van der Waals surface area contributed by atoms with Gasteiger partial charge >= 0.3 is 11.7 Å². The summed E-state index contributed by atoms with van der Waals surface area (Å²) in [5.41, 5.74) is -2.03. The molecule has 0 N–H and O–H groups in total. The van der Waals surface area contributed by atoms with Crippen molar-refractivity contribution in [3.05, 3.63) is 39.2 Å². The van der Waals surface area contributed by atoms with E-state index >= 15 is 0 Å². The molecule has 0 atom stereocenters. The maximum Gasteiger partial charge on any atom is 0.345 e. The van der Waals surface area contributed by atoms with Crippen LogP contribution < -0.4 is 0 Å². The number of aldehydes is 1. The van der Waals surface area contributed by atoms with Crippen LogP contribution in [0, 0.1) is 15.9 Å². The van der Waals surface area contributed by atoms with Crippen molar-refractivity contribution in [3.8, 4) is 0 Å². The van der Waals surface area contributed by atoms with Crippen molar-refractivity contribution in [1.29, 1.82) is 0 Å². The van der Waals surface area contributed by atoms with Gasteiger partial charge < -0.3 is 4.74 Å². The van der Waals surface area contributed by atoms with E-state index in [9.17, 15) is 24.1 Å². The number of carbonyl (C=O) groups is 2. The number of halogens is 1. The van der Waals surface area contributed by atoms with Crippen LogP contribution in [0.5, 0.6) is 0 Å². The van der Waals surface area contributed by atoms with Crippen LogP contribution in [0.15, 0.2) is 12.1 Å². The van der Waals surface area contributed by atoms with Crippen molar-refractivity contribution >= 4 is 17.9 Å². The molecule has 7 heteroatoms. The van der Waals surface area contributed by atoms with E-state index in [4.69, 9.17) is 0 Å². The molecular weight excluding hydrogens is 221 g/mol. The number of ether oxygens (including phenoxy) is 1. The molecule has 0 saturated carbocycles. The molecule has 16 heavy (non-hydrogen) atoms. The molecule has 6 nitrogen and oxygen atoms in total. The molecule has 1 aromatic carbocycles. The average molecular weight is 227 g/mol. The molecule has 0 amide bonds. The topological polar surface area (TPSA) is 86.5 Å². The molecular formula is C9H6FNO5. The van der Waals surface area contributed by atoms with E-state index < -0.39 is 28.0 Å². The molecule has 1 rings (SSSR count). The van der Waals surface area contributed by atoms with E-state index in [1.54, 1.807) is 0 Å². The third-order valence-electron chi connectivity index (χ3n) is 1.86. The summed E-state index contributed by atoms with van der Waals surface area (Å²) >= 11 is 0. The van der Waals surface area contributed by atoms with Gasteiger partial charge in [0.2, 0.25) is 5.82 Å². The van der Waals surface area contributed by atoms with E-state index in [1.807, 2.05) is 0 Å². The molecule has 0 saturated heterocycles. The zero-order valence-corrected chi connectivity index (χ0v) is 8.10. The Kier molecular flexibility index (Phi) is 3.29. The van der Waals surface area contributed by atoms with Crippen molar-refractivity contribution < 1.29 is 23.6 Å². The Morgan fingerprint density at radius 1 is 1.56 bits per heavy atom. The molecule has 0 aromatic heterocycles. The monoisotopic (exact) mass is 227 g/mol. The second kappa shape index (κ2) is 4.47. The highest BCUT2D eigenvalue weighted by Crippen LogP contribution is 2.25. The average Bonchev–Trinajstić information content (AvgIpc) is 2.27. The van der Waals surface area contributed by atoms with Gasteiger partial charge in [-0.15, -0.1) is 0 Å². The van der Waals surface area contributed by atoms with Gasteiger partial charge in [0.1, 0.15) is 0 Å². The van der Waals surface area contributed by atoms with Gasteiger partial charge in [-0.3, -0.25) is 14.9 Å². The fourth-order valence-electron chi connectivity index (χ4n) is 1.17. The predicted molar refractivity (Wildman–Crippen MR) is 49.8 cm³/mol. The number of hydrogen-bond acceptors (Lipinski definition) is 5. The van der Waals surface area contributed by atoms with Crippen LogP contribution >= 0.6 is 0 Å². The van der Waals surface area contributed by atoms with Gasteiger partial charge in [0, 0.05) is 5.56 Å². The summed E-state index contributed by atoms with van der Waals surface area (Å²) < 4.78 is 17.4. The van der Waals surface area contributed by atoms with Gasteiger partial charge in [0.25, 0.3) is 0 Å². The lowest BCUT2D eigenvalue weighted by molar-refractivity contribution is -0.387. The summed E-state index contributed by atoms with van der Waals surface area (Å²) in [5.74, 6) is -2.33. The highest BCUT2D eigenvalue weighted by molar-refractivity contribution is 6.01. The van der Waals surface area contributed by atoms with Crippen molar-refractivity contribution in [2.24, 2.45) is 0 Å². The molecule has 0 unspecified atom stereocenters. The number of benzene rings is 1. The van der Waals surface area contributed by atoms with Crippen molar-refractivity contribution in [2.75, 3.05) is 7.11 Å². The van der Waals surface area contributed by atoms with Gasteiger partial charge in [-0.1, -0.05) is 0 Å². The van der Waals surface area contributed by atoms with E-state index in [2.05, 4.69) is 4.74 Å². The molecule has 0 spiro atoms. The molecule has 0 bridgehead atoms. The molecule has 0 aliphatic rings. The first-order valence-electron chi connectivity index (χ1n) is 4.03. The first-order chi connectivity index (χ1) is 7.52. The minimum absolute atomic E-state index is 0.221. The van der Waals surface area contributed by atoms with Crippen LogP contribution in [0.3, 0.4) is 0 Å². The van der Waals surface area contributed by atoms with Crippen molar-refractivity contribution in [2.45, 2.75) is 0 Å². The Morgan fingerprint density at radius 2 is 2.19 bits per heavy atom. The van der Waals surface area contributed by atoms with Gasteiger partial charge in [0.05, 0.1) is 12.0 Å². The summed E-state index contributed by atoms with van der Waals surface area (Å²) in [6.07, 6.45) is 0.221. The SMILES string of the molecule is COC(=O)c1c(C=O)ccc(F)c1[N+](=O)[O-]. The van der Waals surface area contributed by atoms with Crippen LogP contribution in [0.4, 0.5) is 10.1 Å². The fourth-order valence-corrected chi connectivity index (χ4v) is 1.17. The number of methoxy groups -OCH3 is 1. The molecule has 0 fully saturated rings. The number of esters is 1. The third kappa shape index (κ3) is 1.88. The van der Waals surface area contributed by atoms with Crippen LogP contribution in [0.2, 0.25) is 0 Å². The summed E-state index contributed by atoms with van der Waals surface area (Å²) in [6, 6.07) is 1.72. The van der Waals surface area contributed by atoms with Gasteiger partial charge in [-0.2, -0.15) is 4.39 Å². The van der Waals surface area contributed by atoms with Crippen LogP contribution in [-0.4, -0.2) is 24.3 Å². The van der Waals surface area contributed by atoms with E-state index in [1.165, 1.54) is 0 Å². The normalized spacial score (nSPS) is 9.62. The van der Waals surface area contributed by atoms with E-state index in [0.717, 1.165) is 19.2 Å². The van der Waals surface area contributed by atoms with Crippen molar-refractivity contribution in [3.63, 3.8) is 0 Å². The largest absolute Gasteiger partial charge is 0.465 e. The van der Waals surface area contributed by atoms with Gasteiger partial charge in [0.15, 0.2) is 11.8 Å². The van der Waals surface area contributed by atoms with Crippen LogP contribution in [-0.2, 0) is 4.74 Å². The molecule has 0 aliphatic heterocycles. The summed E-state index contributed by atoms with van der Waals surface area (Å²) in [6.45, 7) is 0. The minimum atomic E-state index is -1.20. The van der Waals surface area contributed by atoms with Crippen LogP contribution in [0.25, 0.3) is 0 Å².